The van der Waals surface area contributed by atoms with Gasteiger partial charge in [0.05, 0.1) is 6.42 Å². The highest BCUT2D eigenvalue weighted by Crippen LogP contribution is 2.26. The highest BCUT2D eigenvalue weighted by atomic mass is 15.0. The fourth-order valence-electron chi connectivity index (χ4n) is 4.69. The fourth-order valence-corrected chi connectivity index (χ4v) is 4.69. The molecule has 1 aliphatic rings. The van der Waals surface area contributed by atoms with Gasteiger partial charge in [0, 0.05) is 0 Å². The normalized spacial score (nSPS) is 14.1. The maximum absolute atomic E-state index is 4.33. The first kappa shape index (κ1) is 27.2. The lowest BCUT2D eigenvalue weighted by molar-refractivity contribution is 0.369. The van der Waals surface area contributed by atoms with Crippen molar-refractivity contribution in [3.8, 4) is 0 Å². The molecular formula is C28H53N2+. The zero-order valence-electron chi connectivity index (χ0n) is 20.7. The van der Waals surface area contributed by atoms with Crippen molar-refractivity contribution in [3.63, 3.8) is 0 Å². The van der Waals surface area contributed by atoms with Crippen LogP contribution < -0.4 is 0 Å². The fraction of sp³-hybridized carbons (Fsp3) is 0.893. The van der Waals surface area contributed by atoms with Crippen LogP contribution >= 0.6 is 0 Å². The standard InChI is InChI=1S/C28H53N2/c1-3-5-7-9-10-11-12-13-14-15-17-19-22-27(21-18-16-8-6-4-2)23-20-24-28-29-25-26-30-28/h25-27H,3-24H2,1-2H3/q+1. The van der Waals surface area contributed by atoms with Crippen LogP contribution in [-0.4, -0.2) is 12.4 Å². The maximum atomic E-state index is 4.33. The Morgan fingerprint density at radius 1 is 0.500 bits per heavy atom. The Kier molecular flexibility index (Phi) is 19.5. The van der Waals surface area contributed by atoms with E-state index in [9.17, 15) is 0 Å². The van der Waals surface area contributed by atoms with Gasteiger partial charge in [-0.25, -0.2) is 0 Å². The van der Waals surface area contributed by atoms with Crippen molar-refractivity contribution in [2.45, 2.75) is 155 Å². The number of nitrogens with zero attached hydrogens (tertiary/aromatic N) is 2. The van der Waals surface area contributed by atoms with E-state index in [1.807, 2.05) is 12.4 Å². The van der Waals surface area contributed by atoms with E-state index in [4.69, 9.17) is 0 Å². The summed E-state index contributed by atoms with van der Waals surface area (Å²) in [7, 11) is 0. The van der Waals surface area contributed by atoms with Crippen LogP contribution in [-0.2, 0) is 0 Å². The van der Waals surface area contributed by atoms with Crippen molar-refractivity contribution < 1.29 is 0 Å². The molecule has 0 spiro atoms. The Morgan fingerprint density at radius 2 is 0.867 bits per heavy atom. The third kappa shape index (κ3) is 16.9. The number of hydrogen-bond acceptors (Lipinski definition) is 2. The molecule has 174 valence electrons. The van der Waals surface area contributed by atoms with Gasteiger partial charge >= 0.3 is 0 Å². The van der Waals surface area contributed by atoms with Crippen molar-refractivity contribution in [2.75, 3.05) is 0 Å². The van der Waals surface area contributed by atoms with Crippen molar-refractivity contribution in [1.82, 2.24) is 0 Å². The van der Waals surface area contributed by atoms with Gasteiger partial charge in [0.2, 0.25) is 6.17 Å². The summed E-state index contributed by atoms with van der Waals surface area (Å²) in [6, 6.07) is 0. The lowest BCUT2D eigenvalue weighted by Gasteiger charge is -2.16. The van der Waals surface area contributed by atoms with Crippen LogP contribution in [0.1, 0.15) is 155 Å². The van der Waals surface area contributed by atoms with Crippen molar-refractivity contribution in [2.24, 2.45) is 15.9 Å². The van der Waals surface area contributed by atoms with Gasteiger partial charge in [-0.05, 0) is 18.8 Å². The van der Waals surface area contributed by atoms with Gasteiger partial charge in [0.1, 0.15) is 0 Å². The van der Waals surface area contributed by atoms with Gasteiger partial charge < -0.3 is 0 Å². The van der Waals surface area contributed by atoms with Gasteiger partial charge in [-0.2, -0.15) is 0 Å². The molecule has 0 N–H and O–H groups in total. The summed E-state index contributed by atoms with van der Waals surface area (Å²) in [6.07, 6.45) is 35.8. The molecule has 0 fully saturated rings. The van der Waals surface area contributed by atoms with E-state index in [2.05, 4.69) is 23.8 Å². The Bertz CT molecular complexity index is 389. The summed E-state index contributed by atoms with van der Waals surface area (Å²) >= 11 is 0. The molecule has 0 saturated heterocycles. The van der Waals surface area contributed by atoms with Gasteiger partial charge in [0.25, 0.3) is 0 Å². The molecule has 30 heavy (non-hydrogen) atoms. The molecule has 0 saturated carbocycles. The predicted molar refractivity (Wildman–Crippen MR) is 137 cm³/mol. The predicted octanol–water partition coefficient (Wildman–Crippen LogP) is 9.87. The third-order valence-electron chi connectivity index (χ3n) is 6.71. The molecular weight excluding hydrogens is 364 g/mol. The van der Waals surface area contributed by atoms with Crippen LogP contribution in [0.25, 0.3) is 0 Å². The second-order valence-corrected chi connectivity index (χ2v) is 9.61. The zero-order valence-corrected chi connectivity index (χ0v) is 20.7. The van der Waals surface area contributed by atoms with E-state index in [-0.39, 0.29) is 0 Å². The smallest absolute Gasteiger partial charge is 0.0968 e. The summed E-state index contributed by atoms with van der Waals surface area (Å²) in [5.41, 5.74) is 0. The minimum absolute atomic E-state index is 0.935. The van der Waals surface area contributed by atoms with Gasteiger partial charge in [-0.1, -0.05) is 146 Å². The topological polar surface area (TPSA) is 24.7 Å². The molecule has 0 amide bonds. The molecule has 0 aromatic heterocycles. The first-order valence-electron chi connectivity index (χ1n) is 13.8. The molecule has 0 aromatic carbocycles. The van der Waals surface area contributed by atoms with Gasteiger partial charge in [-0.15, -0.1) is 0 Å². The molecule has 1 rings (SSSR count). The lowest BCUT2D eigenvalue weighted by Crippen LogP contribution is -2.02. The average Bonchev–Trinajstić information content (AvgIpc) is 3.27. The molecule has 2 nitrogen and oxygen atoms in total. The first-order valence-corrected chi connectivity index (χ1v) is 13.8. The third-order valence-corrected chi connectivity index (χ3v) is 6.71. The highest BCUT2D eigenvalue weighted by Gasteiger charge is 2.16. The monoisotopic (exact) mass is 417 g/mol. The Labute approximate surface area is 189 Å². The first-order chi connectivity index (χ1) is 14.9. The van der Waals surface area contributed by atoms with Crippen LogP contribution in [0.4, 0.5) is 0 Å². The summed E-state index contributed by atoms with van der Waals surface area (Å²) in [6.45, 7) is 4.61. The van der Waals surface area contributed by atoms with Gasteiger partial charge in [-0.3, -0.25) is 0 Å². The quantitative estimate of drug-likeness (QED) is 0.117. The number of unbranched alkanes of at least 4 members (excludes halogenated alkanes) is 15. The molecule has 1 unspecified atom stereocenters. The summed E-state index contributed by atoms with van der Waals surface area (Å²) in [5.74, 6) is 0.935. The summed E-state index contributed by atoms with van der Waals surface area (Å²) in [4.78, 5) is 8.67. The maximum Gasteiger partial charge on any atom is 0.240 e. The second-order valence-electron chi connectivity index (χ2n) is 9.61. The summed E-state index contributed by atoms with van der Waals surface area (Å²) < 4.78 is 0. The molecule has 2 heteroatoms. The van der Waals surface area contributed by atoms with Crippen molar-refractivity contribution in [3.05, 3.63) is 6.17 Å². The SMILES string of the molecule is CCCCCCCCCCCCCCC(CCCCCCC)CCC[C+]1N=CC=N1. The van der Waals surface area contributed by atoms with Crippen LogP contribution in [0.3, 0.4) is 0 Å². The minimum Gasteiger partial charge on any atom is -0.0968 e. The largest absolute Gasteiger partial charge is 0.240 e. The highest BCUT2D eigenvalue weighted by molar-refractivity contribution is 6.18. The number of hydrogen-bond donors (Lipinski definition) is 0. The Balaban J connectivity index is 2.02. The second kappa shape index (κ2) is 21.4. The van der Waals surface area contributed by atoms with Gasteiger partial charge in [0.15, 0.2) is 12.4 Å². The zero-order chi connectivity index (χ0) is 21.5. The van der Waals surface area contributed by atoms with Crippen molar-refractivity contribution in [1.29, 1.82) is 0 Å². The van der Waals surface area contributed by atoms with Crippen LogP contribution in [0, 0.1) is 12.1 Å². The summed E-state index contributed by atoms with van der Waals surface area (Å²) in [5, 5.41) is 0. The minimum atomic E-state index is 0.935. The molecule has 1 aliphatic heterocycles. The Morgan fingerprint density at radius 3 is 1.30 bits per heavy atom. The van der Waals surface area contributed by atoms with E-state index in [0.717, 1.165) is 18.5 Å². The van der Waals surface area contributed by atoms with Crippen molar-refractivity contribution >= 4 is 12.4 Å². The van der Waals surface area contributed by atoms with Crippen LogP contribution in [0.2, 0.25) is 0 Å². The van der Waals surface area contributed by atoms with E-state index >= 15 is 0 Å². The molecule has 0 aliphatic carbocycles. The lowest BCUT2D eigenvalue weighted by atomic mass is 9.89. The number of aliphatic imine (C=N–C) groups is 2. The van der Waals surface area contributed by atoms with E-state index in [1.54, 1.807) is 0 Å². The molecule has 0 radical (unpaired) electrons. The van der Waals surface area contributed by atoms with Crippen LogP contribution in [0.5, 0.6) is 0 Å². The average molecular weight is 418 g/mol. The molecule has 1 atom stereocenters. The Hall–Kier alpha value is -0.790. The molecule has 1 heterocycles. The molecule has 0 aromatic rings. The van der Waals surface area contributed by atoms with E-state index < -0.39 is 0 Å². The number of rotatable bonds is 23. The van der Waals surface area contributed by atoms with E-state index in [0.29, 0.717) is 0 Å². The molecule has 0 bridgehead atoms. The van der Waals surface area contributed by atoms with Crippen LogP contribution in [0.15, 0.2) is 9.98 Å². The van der Waals surface area contributed by atoms with E-state index in [1.165, 1.54) is 135 Å².